The Kier molecular flexibility index (Phi) is 6.94. The lowest BCUT2D eigenvalue weighted by Crippen LogP contribution is -2.44. The number of amides is 1. The van der Waals surface area contributed by atoms with Gasteiger partial charge in [0, 0.05) is 34.7 Å². The van der Waals surface area contributed by atoms with Crippen molar-refractivity contribution in [3.05, 3.63) is 107 Å². The van der Waals surface area contributed by atoms with E-state index in [1.54, 1.807) is 0 Å². The fraction of sp³-hybridized carbons (Fsp3) is 0.273. The van der Waals surface area contributed by atoms with E-state index in [2.05, 4.69) is 79.1 Å². The first kappa shape index (κ1) is 24.7. The van der Waals surface area contributed by atoms with Gasteiger partial charge in [-0.2, -0.15) is 0 Å². The number of aromatic nitrogens is 1. The van der Waals surface area contributed by atoms with Crippen molar-refractivity contribution in [1.29, 1.82) is 0 Å². The molecule has 192 valence electrons. The summed E-state index contributed by atoms with van der Waals surface area (Å²) in [6, 6.07) is 29.3. The highest BCUT2D eigenvalue weighted by Crippen LogP contribution is 2.41. The van der Waals surface area contributed by atoms with Gasteiger partial charge >= 0.3 is 0 Å². The topological polar surface area (TPSA) is 37.6 Å². The van der Waals surface area contributed by atoms with Crippen molar-refractivity contribution in [2.75, 3.05) is 0 Å². The Morgan fingerprint density at radius 3 is 2.37 bits per heavy atom. The number of fused-ring (bicyclic) bond motifs is 1. The van der Waals surface area contributed by atoms with Gasteiger partial charge in [-0.15, -0.1) is 0 Å². The van der Waals surface area contributed by atoms with Crippen LogP contribution in [-0.2, 0) is 11.3 Å². The van der Waals surface area contributed by atoms with Gasteiger partial charge < -0.3 is 4.57 Å². The molecule has 2 atom stereocenters. The lowest BCUT2D eigenvalue weighted by Gasteiger charge is -2.35. The number of thioether (sulfide) groups is 1. The molecule has 4 nitrogen and oxygen atoms in total. The van der Waals surface area contributed by atoms with Crippen LogP contribution in [-0.4, -0.2) is 26.6 Å². The molecule has 3 aromatic carbocycles. The zero-order chi connectivity index (χ0) is 26.1. The molecule has 4 aromatic rings. The highest BCUT2D eigenvalue weighted by molar-refractivity contribution is 8.18. The summed E-state index contributed by atoms with van der Waals surface area (Å²) in [5.41, 5.74) is 5.61. The standard InChI is InChI=1S/C33H33N3OS/c1-23-13-9-11-19-29(23)36-32(37)31(38-33(36)34-26-16-7-4-8-17-26)21-28-24(2)35(22-25-14-5-3-6-15-25)30-20-12-10-18-27(28)30/h3-8,10,12,14-18,20-21,23,29H,9,11,13,19,22H2,1-2H3/b31-21-,34-33?/t23-,29-/m1/s1. The maximum atomic E-state index is 14.0. The van der Waals surface area contributed by atoms with Gasteiger partial charge in [0.2, 0.25) is 0 Å². The second-order valence-electron chi connectivity index (χ2n) is 10.4. The van der Waals surface area contributed by atoms with Crippen LogP contribution in [0.5, 0.6) is 0 Å². The normalized spacial score (nSPS) is 22.2. The molecule has 1 aromatic heterocycles. The molecule has 0 N–H and O–H groups in total. The van der Waals surface area contributed by atoms with Crippen molar-refractivity contribution in [3.63, 3.8) is 0 Å². The summed E-state index contributed by atoms with van der Waals surface area (Å²) in [4.78, 5) is 21.8. The highest BCUT2D eigenvalue weighted by atomic mass is 32.2. The Labute approximate surface area is 229 Å². The van der Waals surface area contributed by atoms with Crippen LogP contribution in [0.15, 0.2) is 94.8 Å². The fourth-order valence-electron chi connectivity index (χ4n) is 5.89. The smallest absolute Gasteiger partial charge is 0.267 e. The van der Waals surface area contributed by atoms with E-state index in [1.807, 2.05) is 35.2 Å². The molecule has 2 fully saturated rings. The molecule has 5 heteroatoms. The first-order valence-corrected chi connectivity index (χ1v) is 14.4. The van der Waals surface area contributed by atoms with Gasteiger partial charge in [-0.25, -0.2) is 4.99 Å². The summed E-state index contributed by atoms with van der Waals surface area (Å²) >= 11 is 1.52. The van der Waals surface area contributed by atoms with Crippen molar-refractivity contribution in [1.82, 2.24) is 9.47 Å². The Bertz CT molecular complexity index is 1520. The minimum atomic E-state index is 0.0859. The Morgan fingerprint density at radius 2 is 1.61 bits per heavy atom. The van der Waals surface area contributed by atoms with Crippen molar-refractivity contribution in [3.8, 4) is 0 Å². The number of carbonyl (C=O) groups excluding carboxylic acids is 1. The average molecular weight is 520 g/mol. The third-order valence-electron chi connectivity index (χ3n) is 7.95. The second kappa shape index (κ2) is 10.7. The molecule has 1 aliphatic heterocycles. The van der Waals surface area contributed by atoms with E-state index in [4.69, 9.17) is 4.99 Å². The highest BCUT2D eigenvalue weighted by Gasteiger charge is 2.41. The number of benzene rings is 3. The summed E-state index contributed by atoms with van der Waals surface area (Å²) in [6.45, 7) is 5.24. The third kappa shape index (κ3) is 4.71. The maximum absolute atomic E-state index is 14.0. The van der Waals surface area contributed by atoms with Crippen LogP contribution in [0.3, 0.4) is 0 Å². The summed E-state index contributed by atoms with van der Waals surface area (Å²) < 4.78 is 2.36. The van der Waals surface area contributed by atoms with Crippen molar-refractivity contribution >= 4 is 45.5 Å². The molecule has 0 bridgehead atoms. The SMILES string of the molecule is Cc1c(/C=C2\SC(=Nc3ccccc3)N([C@@H]3CCCC[C@H]3C)C2=O)c2ccccc2n1Cc1ccccc1. The Balaban J connectivity index is 1.43. The first-order chi connectivity index (χ1) is 18.6. The number of carbonyl (C=O) groups is 1. The minimum Gasteiger partial charge on any atom is -0.340 e. The summed E-state index contributed by atoms with van der Waals surface area (Å²) in [7, 11) is 0. The van der Waals surface area contributed by atoms with E-state index in [-0.39, 0.29) is 11.9 Å². The number of rotatable bonds is 5. The van der Waals surface area contributed by atoms with Gasteiger partial charge in [0.15, 0.2) is 5.17 Å². The zero-order valence-corrected chi connectivity index (χ0v) is 22.8. The zero-order valence-electron chi connectivity index (χ0n) is 22.0. The first-order valence-electron chi connectivity index (χ1n) is 13.6. The van der Waals surface area contributed by atoms with Crippen LogP contribution < -0.4 is 0 Å². The maximum Gasteiger partial charge on any atom is 0.267 e. The van der Waals surface area contributed by atoms with E-state index in [0.717, 1.165) is 47.1 Å². The van der Waals surface area contributed by atoms with Crippen molar-refractivity contribution < 1.29 is 4.79 Å². The third-order valence-corrected chi connectivity index (χ3v) is 8.94. The number of nitrogens with zero attached hydrogens (tertiary/aromatic N) is 3. The predicted octanol–water partition coefficient (Wildman–Crippen LogP) is 8.18. The van der Waals surface area contributed by atoms with Gasteiger partial charge in [0.25, 0.3) is 5.91 Å². The largest absolute Gasteiger partial charge is 0.340 e. The number of hydrogen-bond donors (Lipinski definition) is 0. The quantitative estimate of drug-likeness (QED) is 0.249. The monoisotopic (exact) mass is 519 g/mol. The van der Waals surface area contributed by atoms with Gasteiger partial charge in [-0.1, -0.05) is 86.5 Å². The molecular formula is C33H33N3OS. The van der Waals surface area contributed by atoms with E-state index < -0.39 is 0 Å². The van der Waals surface area contributed by atoms with Gasteiger partial charge in [0.1, 0.15) is 0 Å². The molecular weight excluding hydrogens is 486 g/mol. The van der Waals surface area contributed by atoms with Gasteiger partial charge in [0.05, 0.1) is 10.6 Å². The molecule has 1 amide bonds. The second-order valence-corrected chi connectivity index (χ2v) is 11.4. The molecule has 0 unspecified atom stereocenters. The van der Waals surface area contributed by atoms with Crippen LogP contribution in [0.4, 0.5) is 5.69 Å². The lowest BCUT2D eigenvalue weighted by atomic mass is 9.85. The molecule has 0 spiro atoms. The van der Waals surface area contributed by atoms with Crippen LogP contribution in [0.25, 0.3) is 17.0 Å². The van der Waals surface area contributed by atoms with Crippen molar-refractivity contribution in [2.45, 2.75) is 52.1 Å². The molecule has 0 radical (unpaired) electrons. The summed E-state index contributed by atoms with van der Waals surface area (Å²) in [5, 5.41) is 1.98. The number of hydrogen-bond acceptors (Lipinski definition) is 3. The van der Waals surface area contributed by atoms with E-state index in [0.29, 0.717) is 5.92 Å². The average Bonchev–Trinajstić information content (AvgIpc) is 3.39. The molecule has 2 aliphatic rings. The van der Waals surface area contributed by atoms with Crippen LogP contribution in [0.2, 0.25) is 0 Å². The van der Waals surface area contributed by atoms with Crippen LogP contribution in [0, 0.1) is 12.8 Å². The molecule has 1 saturated carbocycles. The van der Waals surface area contributed by atoms with E-state index >= 15 is 0 Å². The molecule has 38 heavy (non-hydrogen) atoms. The summed E-state index contributed by atoms with van der Waals surface area (Å²) in [5.74, 6) is 0.547. The fourth-order valence-corrected chi connectivity index (χ4v) is 6.92. The van der Waals surface area contributed by atoms with E-state index in [9.17, 15) is 4.79 Å². The van der Waals surface area contributed by atoms with Gasteiger partial charge in [-0.3, -0.25) is 9.69 Å². The molecule has 1 aliphatic carbocycles. The molecule has 2 heterocycles. The Morgan fingerprint density at radius 1 is 0.921 bits per heavy atom. The van der Waals surface area contributed by atoms with Crippen LogP contribution >= 0.6 is 11.8 Å². The number of aliphatic imine (C=N–C) groups is 1. The van der Waals surface area contributed by atoms with Crippen molar-refractivity contribution in [2.24, 2.45) is 10.9 Å². The minimum absolute atomic E-state index is 0.0859. The van der Waals surface area contributed by atoms with Gasteiger partial charge in [-0.05, 0) is 67.3 Å². The van der Waals surface area contributed by atoms with Crippen LogP contribution in [0.1, 0.15) is 49.4 Å². The predicted molar refractivity (Wildman–Crippen MR) is 160 cm³/mol. The van der Waals surface area contributed by atoms with E-state index in [1.165, 1.54) is 40.3 Å². The number of amidine groups is 1. The Hall–Kier alpha value is -3.57. The molecule has 1 saturated heterocycles. The number of para-hydroxylation sites is 2. The lowest BCUT2D eigenvalue weighted by molar-refractivity contribution is -0.124. The molecule has 6 rings (SSSR count). The summed E-state index contributed by atoms with van der Waals surface area (Å²) in [6.07, 6.45) is 6.70.